The van der Waals surface area contributed by atoms with Crippen LogP contribution in [0.15, 0.2) is 42.5 Å². The van der Waals surface area contributed by atoms with Crippen LogP contribution in [-0.4, -0.2) is 57.6 Å². The number of rotatable bonds is 12. The Morgan fingerprint density at radius 2 is 1.71 bits per heavy atom. The predicted octanol–water partition coefficient (Wildman–Crippen LogP) is 3.41. The number of anilines is 1. The van der Waals surface area contributed by atoms with E-state index < -0.39 is 28.5 Å². The van der Waals surface area contributed by atoms with E-state index >= 15 is 0 Å². The topological polar surface area (TPSA) is 96.0 Å². The Balaban J connectivity index is 2.46. The molecular formula is C26H37N3O5S. The Kier molecular flexibility index (Phi) is 10.1. The first-order valence-corrected chi connectivity index (χ1v) is 13.6. The molecule has 9 heteroatoms. The number of sulfonamides is 1. The number of amides is 2. The second-order valence-corrected chi connectivity index (χ2v) is 10.6. The number of benzene rings is 2. The minimum Gasteiger partial charge on any atom is -0.497 e. The summed E-state index contributed by atoms with van der Waals surface area (Å²) in [4.78, 5) is 28.1. The van der Waals surface area contributed by atoms with E-state index in [-0.39, 0.29) is 12.5 Å². The lowest BCUT2D eigenvalue weighted by molar-refractivity contribution is -0.140. The van der Waals surface area contributed by atoms with Crippen LogP contribution in [0.1, 0.15) is 43.4 Å². The molecule has 8 nitrogen and oxygen atoms in total. The molecule has 0 aliphatic rings. The van der Waals surface area contributed by atoms with Crippen molar-refractivity contribution in [3.05, 3.63) is 59.2 Å². The third-order valence-corrected chi connectivity index (χ3v) is 6.89. The second kappa shape index (κ2) is 12.6. The number of hydrogen-bond donors (Lipinski definition) is 1. The third-order valence-electron chi connectivity index (χ3n) is 5.76. The fraction of sp³-hybridized carbons (Fsp3) is 0.462. The highest BCUT2D eigenvalue weighted by Gasteiger charge is 2.32. The molecule has 0 aromatic heterocycles. The molecule has 0 heterocycles. The van der Waals surface area contributed by atoms with Crippen LogP contribution >= 0.6 is 0 Å². The van der Waals surface area contributed by atoms with Crippen molar-refractivity contribution >= 4 is 27.5 Å². The van der Waals surface area contributed by atoms with Gasteiger partial charge in [-0.2, -0.15) is 0 Å². The highest BCUT2D eigenvalue weighted by molar-refractivity contribution is 7.92. The zero-order valence-corrected chi connectivity index (χ0v) is 22.3. The lowest BCUT2D eigenvalue weighted by Crippen LogP contribution is -2.52. The molecule has 0 aliphatic heterocycles. The number of ether oxygens (including phenoxy) is 1. The third kappa shape index (κ3) is 7.71. The lowest BCUT2D eigenvalue weighted by atomic mass is 10.1. The molecule has 2 amide bonds. The van der Waals surface area contributed by atoms with E-state index in [0.717, 1.165) is 33.7 Å². The lowest BCUT2D eigenvalue weighted by Gasteiger charge is -2.33. The van der Waals surface area contributed by atoms with Crippen molar-refractivity contribution in [1.29, 1.82) is 0 Å². The number of aryl methyl sites for hydroxylation is 2. The van der Waals surface area contributed by atoms with Gasteiger partial charge >= 0.3 is 0 Å². The van der Waals surface area contributed by atoms with Gasteiger partial charge < -0.3 is 15.0 Å². The van der Waals surface area contributed by atoms with Crippen molar-refractivity contribution in [3.63, 3.8) is 0 Å². The second-order valence-electron chi connectivity index (χ2n) is 8.64. The average molecular weight is 504 g/mol. The van der Waals surface area contributed by atoms with E-state index in [1.54, 1.807) is 32.2 Å². The van der Waals surface area contributed by atoms with Gasteiger partial charge in [0.25, 0.3) is 0 Å². The largest absolute Gasteiger partial charge is 0.497 e. The van der Waals surface area contributed by atoms with Gasteiger partial charge in [-0.05, 0) is 61.6 Å². The van der Waals surface area contributed by atoms with Gasteiger partial charge in [0.2, 0.25) is 21.8 Å². The van der Waals surface area contributed by atoms with E-state index in [1.165, 1.54) is 4.90 Å². The van der Waals surface area contributed by atoms with Crippen LogP contribution in [0.2, 0.25) is 0 Å². The number of carbonyl (C=O) groups excluding carboxylic acids is 2. The van der Waals surface area contributed by atoms with Gasteiger partial charge in [0.1, 0.15) is 18.3 Å². The van der Waals surface area contributed by atoms with Crippen molar-refractivity contribution in [2.45, 2.75) is 53.1 Å². The first kappa shape index (κ1) is 28.2. The fourth-order valence-electron chi connectivity index (χ4n) is 3.80. The van der Waals surface area contributed by atoms with Gasteiger partial charge in [-0.3, -0.25) is 13.9 Å². The highest BCUT2D eigenvalue weighted by atomic mass is 32.2. The van der Waals surface area contributed by atoms with Crippen LogP contribution < -0.4 is 14.4 Å². The summed E-state index contributed by atoms with van der Waals surface area (Å²) in [5.41, 5.74) is 2.88. The Bertz CT molecular complexity index is 1120. The standard InChI is InChI=1S/C26H37N3O5S/c1-7-15-27-26(31)23(8-2)28(17-21-11-13-22(34-5)14-12-21)25(30)18-29(35(6,32)33)24-16-19(3)9-10-20(24)4/h9-14,16,23H,7-8,15,17-18H2,1-6H3,(H,27,31)/t23-/m0/s1. The van der Waals surface area contributed by atoms with Gasteiger partial charge in [0.15, 0.2) is 0 Å². The zero-order valence-electron chi connectivity index (χ0n) is 21.5. The summed E-state index contributed by atoms with van der Waals surface area (Å²) in [7, 11) is -2.19. The van der Waals surface area contributed by atoms with Crippen LogP contribution in [0.4, 0.5) is 5.69 Å². The first-order valence-electron chi connectivity index (χ1n) is 11.8. The summed E-state index contributed by atoms with van der Waals surface area (Å²) in [5, 5.41) is 2.87. The average Bonchev–Trinajstić information content (AvgIpc) is 2.82. The maximum atomic E-state index is 13.7. The molecule has 0 radical (unpaired) electrons. The molecule has 0 unspecified atom stereocenters. The molecule has 1 N–H and O–H groups in total. The van der Waals surface area contributed by atoms with Crippen molar-refractivity contribution in [2.75, 3.05) is 30.8 Å². The maximum absolute atomic E-state index is 13.7. The molecule has 0 fully saturated rings. The molecular weight excluding hydrogens is 466 g/mol. The number of hydrogen-bond acceptors (Lipinski definition) is 5. The minimum absolute atomic E-state index is 0.158. The number of carbonyl (C=O) groups is 2. The summed E-state index contributed by atoms with van der Waals surface area (Å²) < 4.78 is 31.9. The molecule has 192 valence electrons. The highest BCUT2D eigenvalue weighted by Crippen LogP contribution is 2.25. The molecule has 0 spiro atoms. The SMILES string of the molecule is CCCNC(=O)[C@H](CC)N(Cc1ccc(OC)cc1)C(=O)CN(c1cc(C)ccc1C)S(C)(=O)=O. The summed E-state index contributed by atoms with van der Waals surface area (Å²) >= 11 is 0. The van der Waals surface area contributed by atoms with E-state index in [2.05, 4.69) is 5.32 Å². The van der Waals surface area contributed by atoms with E-state index in [0.29, 0.717) is 24.4 Å². The molecule has 0 saturated carbocycles. The van der Waals surface area contributed by atoms with Crippen molar-refractivity contribution in [2.24, 2.45) is 0 Å². The summed E-state index contributed by atoms with van der Waals surface area (Å²) in [5.74, 6) is -0.0305. The van der Waals surface area contributed by atoms with Crippen molar-refractivity contribution in [1.82, 2.24) is 10.2 Å². The normalized spacial score (nSPS) is 12.1. The molecule has 2 aromatic carbocycles. The van der Waals surface area contributed by atoms with Gasteiger partial charge in [-0.25, -0.2) is 8.42 Å². The van der Waals surface area contributed by atoms with Gasteiger partial charge in [0.05, 0.1) is 19.1 Å². The molecule has 35 heavy (non-hydrogen) atoms. The molecule has 0 aliphatic carbocycles. The van der Waals surface area contributed by atoms with Crippen LogP contribution in [0, 0.1) is 13.8 Å². The maximum Gasteiger partial charge on any atom is 0.244 e. The fourth-order valence-corrected chi connectivity index (χ4v) is 4.69. The minimum atomic E-state index is -3.77. The van der Waals surface area contributed by atoms with Gasteiger partial charge in [-0.15, -0.1) is 0 Å². The Morgan fingerprint density at radius 1 is 1.06 bits per heavy atom. The zero-order chi connectivity index (χ0) is 26.2. The van der Waals surface area contributed by atoms with Crippen molar-refractivity contribution < 1.29 is 22.7 Å². The molecule has 0 bridgehead atoms. The van der Waals surface area contributed by atoms with Gasteiger partial charge in [-0.1, -0.05) is 38.1 Å². The summed E-state index contributed by atoms with van der Waals surface area (Å²) in [6.45, 7) is 7.71. The number of nitrogens with one attached hydrogen (secondary N) is 1. The van der Waals surface area contributed by atoms with E-state index in [9.17, 15) is 18.0 Å². The van der Waals surface area contributed by atoms with Crippen LogP contribution in [0.5, 0.6) is 5.75 Å². The Labute approximate surface area is 209 Å². The quantitative estimate of drug-likeness (QED) is 0.479. The number of nitrogens with zero attached hydrogens (tertiary/aromatic N) is 2. The molecule has 0 saturated heterocycles. The molecule has 2 aromatic rings. The van der Waals surface area contributed by atoms with Gasteiger partial charge in [0, 0.05) is 13.1 Å². The van der Waals surface area contributed by atoms with Crippen LogP contribution in [0.3, 0.4) is 0 Å². The van der Waals surface area contributed by atoms with Crippen molar-refractivity contribution in [3.8, 4) is 5.75 Å². The number of methoxy groups -OCH3 is 1. The molecule has 1 atom stereocenters. The Morgan fingerprint density at radius 3 is 2.26 bits per heavy atom. The summed E-state index contributed by atoms with van der Waals surface area (Å²) in [6.07, 6.45) is 2.24. The van der Waals surface area contributed by atoms with E-state index in [1.807, 2.05) is 45.0 Å². The van der Waals surface area contributed by atoms with E-state index in [4.69, 9.17) is 4.74 Å². The predicted molar refractivity (Wildman–Crippen MR) is 139 cm³/mol. The molecule has 2 rings (SSSR count). The monoisotopic (exact) mass is 503 g/mol. The first-order chi connectivity index (χ1) is 16.5. The van der Waals surface area contributed by atoms with Crippen LogP contribution in [-0.2, 0) is 26.2 Å². The smallest absolute Gasteiger partial charge is 0.244 e. The van der Waals surface area contributed by atoms with Crippen LogP contribution in [0.25, 0.3) is 0 Å². The Hall–Kier alpha value is -3.07. The summed E-state index contributed by atoms with van der Waals surface area (Å²) in [6, 6.07) is 12.0.